The van der Waals surface area contributed by atoms with Gasteiger partial charge in [0.2, 0.25) is 0 Å². The summed E-state index contributed by atoms with van der Waals surface area (Å²) in [7, 11) is 0. The predicted molar refractivity (Wildman–Crippen MR) is 71.5 cm³/mol. The molecule has 2 nitrogen and oxygen atoms in total. The molecular formula is C13H20BrNO. The van der Waals surface area contributed by atoms with Crippen LogP contribution < -0.4 is 5.32 Å². The Morgan fingerprint density at radius 2 is 1.88 bits per heavy atom. The highest BCUT2D eigenvalue weighted by Crippen LogP contribution is 2.17. The van der Waals surface area contributed by atoms with Gasteiger partial charge in [-0.15, -0.1) is 0 Å². The van der Waals surface area contributed by atoms with Crippen LogP contribution in [0.3, 0.4) is 0 Å². The fourth-order valence-electron chi connectivity index (χ4n) is 1.76. The fourth-order valence-corrected chi connectivity index (χ4v) is 2.02. The van der Waals surface area contributed by atoms with Crippen molar-refractivity contribution in [3.8, 4) is 0 Å². The van der Waals surface area contributed by atoms with Crippen LogP contribution in [0.5, 0.6) is 0 Å². The minimum atomic E-state index is 0.276. The van der Waals surface area contributed by atoms with Gasteiger partial charge in [-0.25, -0.2) is 0 Å². The van der Waals surface area contributed by atoms with Crippen LogP contribution >= 0.6 is 15.9 Å². The first-order valence-corrected chi connectivity index (χ1v) is 6.55. The molecule has 2 N–H and O–H groups in total. The summed E-state index contributed by atoms with van der Waals surface area (Å²) in [4.78, 5) is 0. The van der Waals surface area contributed by atoms with Gasteiger partial charge in [-0.3, -0.25) is 0 Å². The molecule has 0 bridgehead atoms. The second-order valence-corrected chi connectivity index (χ2v) is 5.12. The predicted octanol–water partition coefficient (Wildman–Crippen LogP) is 3.26. The zero-order chi connectivity index (χ0) is 12.0. The van der Waals surface area contributed by atoms with Crippen molar-refractivity contribution in [1.82, 2.24) is 5.32 Å². The summed E-state index contributed by atoms with van der Waals surface area (Å²) < 4.78 is 1.11. The van der Waals surface area contributed by atoms with Gasteiger partial charge in [0.25, 0.3) is 0 Å². The van der Waals surface area contributed by atoms with E-state index in [1.807, 2.05) is 0 Å². The molecule has 0 saturated carbocycles. The quantitative estimate of drug-likeness (QED) is 0.841. The molecule has 0 heterocycles. The summed E-state index contributed by atoms with van der Waals surface area (Å²) in [6.07, 6.45) is 1.87. The molecule has 0 saturated heterocycles. The monoisotopic (exact) mass is 285 g/mol. The van der Waals surface area contributed by atoms with E-state index in [0.717, 1.165) is 17.3 Å². The molecule has 0 aliphatic carbocycles. The lowest BCUT2D eigenvalue weighted by atomic mass is 10.1. The fraction of sp³-hybridized carbons (Fsp3) is 0.538. The highest BCUT2D eigenvalue weighted by atomic mass is 79.9. The van der Waals surface area contributed by atoms with Crippen molar-refractivity contribution in [2.24, 2.45) is 0 Å². The smallest absolute Gasteiger partial charge is 0.0431 e. The first-order chi connectivity index (χ1) is 7.63. The lowest BCUT2D eigenvalue weighted by Gasteiger charge is -2.20. The molecule has 1 rings (SSSR count). The van der Waals surface area contributed by atoms with Crippen LogP contribution in [0, 0.1) is 0 Å². The van der Waals surface area contributed by atoms with Gasteiger partial charge >= 0.3 is 0 Å². The first kappa shape index (κ1) is 13.7. The zero-order valence-electron chi connectivity index (χ0n) is 9.91. The second-order valence-electron chi connectivity index (χ2n) is 4.21. The van der Waals surface area contributed by atoms with Crippen molar-refractivity contribution in [1.29, 1.82) is 0 Å². The minimum absolute atomic E-state index is 0.276. The zero-order valence-corrected chi connectivity index (χ0v) is 11.5. The average molecular weight is 286 g/mol. The third kappa shape index (κ3) is 4.64. The Morgan fingerprint density at radius 1 is 1.25 bits per heavy atom. The Bertz CT molecular complexity index is 299. The third-order valence-corrected chi connectivity index (χ3v) is 3.23. The molecule has 0 amide bonds. The van der Waals surface area contributed by atoms with Crippen molar-refractivity contribution >= 4 is 15.9 Å². The Labute approximate surface area is 106 Å². The average Bonchev–Trinajstić information content (AvgIpc) is 2.27. The topological polar surface area (TPSA) is 32.3 Å². The van der Waals surface area contributed by atoms with E-state index >= 15 is 0 Å². The Kier molecular flexibility index (Phi) is 6.03. The highest BCUT2D eigenvalue weighted by molar-refractivity contribution is 9.10. The Hall–Kier alpha value is -0.380. The Morgan fingerprint density at radius 3 is 2.44 bits per heavy atom. The largest absolute Gasteiger partial charge is 0.396 e. The van der Waals surface area contributed by atoms with E-state index in [1.54, 1.807) is 0 Å². The summed E-state index contributed by atoms with van der Waals surface area (Å²) in [5, 5.41) is 12.3. The summed E-state index contributed by atoms with van der Waals surface area (Å²) in [5.41, 5.74) is 1.29. The summed E-state index contributed by atoms with van der Waals surface area (Å²) >= 11 is 3.43. The van der Waals surface area contributed by atoms with E-state index in [2.05, 4.69) is 59.4 Å². The van der Waals surface area contributed by atoms with Crippen LogP contribution in [-0.4, -0.2) is 17.8 Å². The van der Waals surface area contributed by atoms with E-state index in [0.29, 0.717) is 12.1 Å². The third-order valence-electron chi connectivity index (χ3n) is 2.70. The van der Waals surface area contributed by atoms with Crippen LogP contribution in [0.4, 0.5) is 0 Å². The molecule has 1 aromatic rings. The molecule has 0 aliphatic rings. The molecule has 1 aromatic carbocycles. The van der Waals surface area contributed by atoms with Crippen molar-refractivity contribution in [3.63, 3.8) is 0 Å². The van der Waals surface area contributed by atoms with Crippen LogP contribution in [0.15, 0.2) is 28.7 Å². The van der Waals surface area contributed by atoms with Crippen molar-refractivity contribution in [3.05, 3.63) is 34.3 Å². The van der Waals surface area contributed by atoms with Crippen molar-refractivity contribution in [2.45, 2.75) is 38.8 Å². The summed E-state index contributed by atoms with van der Waals surface area (Å²) in [6.45, 7) is 4.60. The number of hydrogen-bond donors (Lipinski definition) is 2. The van der Waals surface area contributed by atoms with Gasteiger partial charge in [-0.05, 0) is 44.4 Å². The van der Waals surface area contributed by atoms with Crippen molar-refractivity contribution < 1.29 is 5.11 Å². The van der Waals surface area contributed by atoms with E-state index in [-0.39, 0.29) is 6.61 Å². The molecule has 0 fully saturated rings. The molecule has 0 aromatic heterocycles. The maximum Gasteiger partial charge on any atom is 0.0431 e. The van der Waals surface area contributed by atoms with E-state index in [4.69, 9.17) is 5.11 Å². The molecular weight excluding hydrogens is 266 g/mol. The summed E-state index contributed by atoms with van der Waals surface area (Å²) in [6, 6.07) is 9.16. The van der Waals surface area contributed by atoms with Crippen LogP contribution in [0.1, 0.15) is 38.3 Å². The lowest BCUT2D eigenvalue weighted by molar-refractivity contribution is 0.274. The minimum Gasteiger partial charge on any atom is -0.396 e. The maximum absolute atomic E-state index is 8.76. The van der Waals surface area contributed by atoms with Gasteiger partial charge in [-0.2, -0.15) is 0 Å². The molecule has 90 valence electrons. The van der Waals surface area contributed by atoms with Gasteiger partial charge in [0.1, 0.15) is 0 Å². The number of aliphatic hydroxyl groups excluding tert-OH is 1. The Balaban J connectivity index is 2.45. The molecule has 0 radical (unpaired) electrons. The number of halogens is 1. The van der Waals surface area contributed by atoms with Crippen molar-refractivity contribution in [2.75, 3.05) is 6.61 Å². The number of nitrogens with one attached hydrogen (secondary N) is 1. The molecule has 2 atom stereocenters. The summed E-state index contributed by atoms with van der Waals surface area (Å²) in [5.74, 6) is 0. The van der Waals surface area contributed by atoms with E-state index in [9.17, 15) is 0 Å². The SMILES string of the molecule is CC(CCCO)NC(C)c1ccc(Br)cc1. The second kappa shape index (κ2) is 7.05. The first-order valence-electron chi connectivity index (χ1n) is 5.76. The van der Waals surface area contributed by atoms with Gasteiger partial charge in [0.15, 0.2) is 0 Å². The normalized spacial score (nSPS) is 14.8. The van der Waals surface area contributed by atoms with Gasteiger partial charge in [0, 0.05) is 23.2 Å². The van der Waals surface area contributed by atoms with Gasteiger partial charge < -0.3 is 10.4 Å². The lowest BCUT2D eigenvalue weighted by Crippen LogP contribution is -2.29. The van der Waals surface area contributed by atoms with Crippen LogP contribution in [-0.2, 0) is 0 Å². The standard InChI is InChI=1S/C13H20BrNO/c1-10(4-3-9-16)15-11(2)12-5-7-13(14)8-6-12/h5-8,10-11,15-16H,3-4,9H2,1-2H3. The number of hydrogen-bond acceptors (Lipinski definition) is 2. The molecule has 2 unspecified atom stereocenters. The van der Waals surface area contributed by atoms with E-state index in [1.165, 1.54) is 5.56 Å². The maximum atomic E-state index is 8.76. The van der Waals surface area contributed by atoms with E-state index < -0.39 is 0 Å². The number of benzene rings is 1. The van der Waals surface area contributed by atoms with Crippen LogP contribution in [0.2, 0.25) is 0 Å². The number of aliphatic hydroxyl groups is 1. The number of rotatable bonds is 6. The van der Waals surface area contributed by atoms with Crippen LogP contribution in [0.25, 0.3) is 0 Å². The molecule has 0 aliphatic heterocycles. The highest BCUT2D eigenvalue weighted by Gasteiger charge is 2.08. The van der Waals surface area contributed by atoms with Gasteiger partial charge in [-0.1, -0.05) is 28.1 Å². The molecule has 16 heavy (non-hydrogen) atoms. The van der Waals surface area contributed by atoms with Gasteiger partial charge in [0.05, 0.1) is 0 Å². The molecule has 0 spiro atoms. The molecule has 3 heteroatoms.